The average molecular weight is 400 g/mol. The van der Waals surface area contributed by atoms with Gasteiger partial charge in [-0.3, -0.25) is 4.98 Å². The van der Waals surface area contributed by atoms with Crippen LogP contribution in [0.1, 0.15) is 24.1 Å². The topological polar surface area (TPSA) is 62.6 Å². The Morgan fingerprint density at radius 2 is 2.24 bits per heavy atom. The molecule has 1 atom stereocenters. The minimum absolute atomic E-state index is 0.119. The quantitative estimate of drug-likeness (QED) is 0.580. The van der Waals surface area contributed by atoms with Crippen LogP contribution in [0.15, 0.2) is 59.2 Å². The van der Waals surface area contributed by atoms with Crippen molar-refractivity contribution in [1.82, 2.24) is 4.98 Å². The van der Waals surface area contributed by atoms with Gasteiger partial charge in [0.1, 0.15) is 5.75 Å². The fraction of sp³-hybridized carbons (Fsp3) is 0.211. The van der Waals surface area contributed by atoms with Crippen molar-refractivity contribution in [2.45, 2.75) is 25.3 Å². The predicted molar refractivity (Wildman–Crippen MR) is 104 cm³/mol. The van der Waals surface area contributed by atoms with Gasteiger partial charge >= 0.3 is 7.12 Å². The maximum atomic E-state index is 10.1. The molecule has 0 radical (unpaired) electrons. The van der Waals surface area contributed by atoms with E-state index in [0.29, 0.717) is 12.7 Å². The van der Waals surface area contributed by atoms with Gasteiger partial charge in [0.05, 0.1) is 11.8 Å². The van der Waals surface area contributed by atoms with Crippen molar-refractivity contribution in [3.8, 4) is 5.75 Å². The summed E-state index contributed by atoms with van der Waals surface area (Å²) in [6.45, 7) is 0. The van der Waals surface area contributed by atoms with Crippen molar-refractivity contribution in [3.05, 3.63) is 70.5 Å². The summed E-state index contributed by atoms with van der Waals surface area (Å²) < 4.78 is 6.43. The Labute approximate surface area is 156 Å². The molecule has 1 aromatic heterocycles. The second-order valence-corrected chi connectivity index (χ2v) is 6.84. The molecule has 0 saturated carbocycles. The summed E-state index contributed by atoms with van der Waals surface area (Å²) in [4.78, 5) is 4.44. The molecule has 0 bridgehead atoms. The lowest BCUT2D eigenvalue weighted by atomic mass is 9.82. The first-order valence-electron chi connectivity index (χ1n) is 8.22. The summed E-state index contributed by atoms with van der Waals surface area (Å²) in [5.74, 6) is 0.223. The van der Waals surface area contributed by atoms with Crippen molar-refractivity contribution in [2.75, 3.05) is 0 Å². The summed E-state index contributed by atoms with van der Waals surface area (Å²) in [7, 11) is -0.730. The summed E-state index contributed by atoms with van der Waals surface area (Å²) in [5, 5.41) is 19.8. The highest BCUT2D eigenvalue weighted by atomic mass is 79.9. The van der Waals surface area contributed by atoms with Crippen LogP contribution in [0.25, 0.3) is 11.6 Å². The number of pyridine rings is 1. The van der Waals surface area contributed by atoms with Crippen LogP contribution in [0.4, 0.5) is 0 Å². The molecule has 0 amide bonds. The van der Waals surface area contributed by atoms with E-state index in [-0.39, 0.29) is 11.9 Å². The van der Waals surface area contributed by atoms with Gasteiger partial charge in [0.2, 0.25) is 0 Å². The lowest BCUT2D eigenvalue weighted by Gasteiger charge is -2.20. The van der Waals surface area contributed by atoms with E-state index in [9.17, 15) is 10.1 Å². The normalized spacial score (nSPS) is 17.8. The van der Waals surface area contributed by atoms with E-state index in [4.69, 9.17) is 4.65 Å². The van der Waals surface area contributed by atoms with Crippen molar-refractivity contribution < 1.29 is 14.8 Å². The van der Waals surface area contributed by atoms with Crippen LogP contribution in [0.3, 0.4) is 0 Å². The molecule has 1 aliphatic rings. The lowest BCUT2D eigenvalue weighted by molar-refractivity contribution is 0.193. The van der Waals surface area contributed by atoms with Crippen LogP contribution in [0, 0.1) is 0 Å². The standard InChI is InChI=1S/C19H19BBrNO3/c21-16-7-9-19(23)15(13-16)12-14(18-5-1-2-11-22-18)6-8-17-4-3-10-20(24)25-17/h1-5,7,9,11-13,17,23-24H,6,8,10H2/b14-12-/t17-/m0/s1. The SMILES string of the molecule is OB1CC=C[C@@H](CC/C(=C/c2cc(Br)ccc2O)c2ccccn2)O1. The second-order valence-electron chi connectivity index (χ2n) is 5.92. The number of benzene rings is 1. The van der Waals surface area contributed by atoms with Gasteiger partial charge in [-0.05, 0) is 54.8 Å². The van der Waals surface area contributed by atoms with Gasteiger partial charge in [-0.2, -0.15) is 0 Å². The third-order valence-corrected chi connectivity index (χ3v) is 4.52. The third-order valence-electron chi connectivity index (χ3n) is 4.03. The highest BCUT2D eigenvalue weighted by Gasteiger charge is 2.21. The zero-order chi connectivity index (χ0) is 17.6. The zero-order valence-corrected chi connectivity index (χ0v) is 15.3. The van der Waals surface area contributed by atoms with Gasteiger partial charge in [0.25, 0.3) is 0 Å². The van der Waals surface area contributed by atoms with E-state index < -0.39 is 7.12 Å². The Kier molecular flexibility index (Phi) is 6.07. The molecule has 0 fully saturated rings. The van der Waals surface area contributed by atoms with Gasteiger partial charge < -0.3 is 14.8 Å². The molecular formula is C19H19BBrNO3. The third kappa shape index (κ3) is 5.04. The van der Waals surface area contributed by atoms with E-state index >= 15 is 0 Å². The van der Waals surface area contributed by atoms with Gasteiger partial charge in [-0.1, -0.05) is 34.1 Å². The Bertz CT molecular complexity index is 779. The first-order valence-corrected chi connectivity index (χ1v) is 9.02. The van der Waals surface area contributed by atoms with Crippen molar-refractivity contribution in [2.24, 2.45) is 0 Å². The fourth-order valence-electron chi connectivity index (χ4n) is 2.77. The van der Waals surface area contributed by atoms with Gasteiger partial charge in [0.15, 0.2) is 0 Å². The minimum atomic E-state index is -0.730. The fourth-order valence-corrected chi connectivity index (χ4v) is 3.15. The molecule has 1 aliphatic heterocycles. The van der Waals surface area contributed by atoms with E-state index in [1.54, 1.807) is 18.3 Å². The van der Waals surface area contributed by atoms with Crippen molar-refractivity contribution in [1.29, 1.82) is 0 Å². The molecule has 2 aromatic rings. The molecule has 3 rings (SSSR count). The Morgan fingerprint density at radius 1 is 1.36 bits per heavy atom. The van der Waals surface area contributed by atoms with Crippen LogP contribution >= 0.6 is 15.9 Å². The number of nitrogens with zero attached hydrogens (tertiary/aromatic N) is 1. The summed E-state index contributed by atoms with van der Waals surface area (Å²) >= 11 is 3.44. The summed E-state index contributed by atoms with van der Waals surface area (Å²) in [5.41, 5.74) is 2.60. The molecule has 128 valence electrons. The lowest BCUT2D eigenvalue weighted by Crippen LogP contribution is -2.27. The number of phenols is 1. The highest BCUT2D eigenvalue weighted by molar-refractivity contribution is 9.10. The molecule has 25 heavy (non-hydrogen) atoms. The van der Waals surface area contributed by atoms with Crippen molar-refractivity contribution >= 4 is 34.7 Å². The molecule has 4 nitrogen and oxygen atoms in total. The van der Waals surface area contributed by atoms with E-state index in [1.165, 1.54) is 0 Å². The molecular weight excluding hydrogens is 381 g/mol. The monoisotopic (exact) mass is 399 g/mol. The molecule has 1 aromatic carbocycles. The summed E-state index contributed by atoms with van der Waals surface area (Å²) in [6, 6.07) is 11.1. The number of rotatable bonds is 5. The number of aromatic nitrogens is 1. The maximum absolute atomic E-state index is 10.1. The Morgan fingerprint density at radius 3 is 3.00 bits per heavy atom. The van der Waals surface area contributed by atoms with Gasteiger partial charge in [-0.25, -0.2) is 0 Å². The highest BCUT2D eigenvalue weighted by Crippen LogP contribution is 2.29. The van der Waals surface area contributed by atoms with Crippen LogP contribution in [0.5, 0.6) is 5.75 Å². The largest absolute Gasteiger partial charge is 0.507 e. The molecule has 6 heteroatoms. The number of hydrogen-bond acceptors (Lipinski definition) is 4. The van der Waals surface area contributed by atoms with Crippen LogP contribution < -0.4 is 0 Å². The smallest absolute Gasteiger partial charge is 0.458 e. The number of aromatic hydroxyl groups is 1. The second kappa shape index (κ2) is 8.47. The maximum Gasteiger partial charge on any atom is 0.458 e. The van der Waals surface area contributed by atoms with Crippen LogP contribution in [-0.2, 0) is 4.65 Å². The number of allylic oxidation sites excluding steroid dienone is 2. The molecule has 0 saturated heterocycles. The van der Waals surface area contributed by atoms with E-state index in [1.807, 2.05) is 42.5 Å². The average Bonchev–Trinajstić information content (AvgIpc) is 2.62. The zero-order valence-electron chi connectivity index (χ0n) is 13.7. The first-order chi connectivity index (χ1) is 12.1. The molecule has 0 unspecified atom stereocenters. The predicted octanol–water partition coefficient (Wildman–Crippen LogP) is 4.31. The first kappa shape index (κ1) is 17.9. The van der Waals surface area contributed by atoms with E-state index in [0.717, 1.165) is 27.7 Å². The van der Waals surface area contributed by atoms with Crippen molar-refractivity contribution in [3.63, 3.8) is 0 Å². The van der Waals surface area contributed by atoms with Crippen LogP contribution in [-0.4, -0.2) is 28.3 Å². The molecule has 0 spiro atoms. The molecule has 2 heterocycles. The number of phenolic OH excluding ortho intramolecular Hbond substituents is 1. The summed E-state index contributed by atoms with van der Waals surface area (Å²) in [6.07, 6.45) is 9.49. The molecule has 2 N–H and O–H groups in total. The minimum Gasteiger partial charge on any atom is -0.507 e. The Hall–Kier alpha value is -1.89. The molecule has 0 aliphatic carbocycles. The van der Waals surface area contributed by atoms with Gasteiger partial charge in [0, 0.05) is 22.6 Å². The number of halogens is 1. The number of hydrogen-bond donors (Lipinski definition) is 2. The van der Waals surface area contributed by atoms with Gasteiger partial charge in [-0.15, -0.1) is 0 Å². The van der Waals surface area contributed by atoms with Crippen LogP contribution in [0.2, 0.25) is 6.32 Å². The Balaban J connectivity index is 1.85. The van der Waals surface area contributed by atoms with E-state index in [2.05, 4.69) is 20.9 Å².